The van der Waals surface area contributed by atoms with Gasteiger partial charge in [0.1, 0.15) is 0 Å². The van der Waals surface area contributed by atoms with Gasteiger partial charge in [0.2, 0.25) is 0 Å². The van der Waals surface area contributed by atoms with E-state index < -0.39 is 0 Å². The number of benzene rings is 3. The van der Waals surface area contributed by atoms with Crippen LogP contribution < -0.4 is 0 Å². The Labute approximate surface area is 167 Å². The Bertz CT molecular complexity index is 1420. The summed E-state index contributed by atoms with van der Waals surface area (Å²) in [5, 5.41) is 2.72. The SMILES string of the molecule is Cc1c(-c2ccccc2)sc2c1-c1ccc3c4c(c#cc-2c14)-c1ccccc1-3. The maximum Gasteiger partial charge on any atom is 0.0521 e. The average Bonchev–Trinajstić information content (AvgIpc) is 3.36. The van der Waals surface area contributed by atoms with Crippen molar-refractivity contribution in [3.05, 3.63) is 84.4 Å². The smallest absolute Gasteiger partial charge is 0.0521 e. The fourth-order valence-electron chi connectivity index (χ4n) is 4.99. The van der Waals surface area contributed by atoms with Crippen LogP contribution in [0.15, 0.2) is 66.7 Å². The van der Waals surface area contributed by atoms with E-state index in [9.17, 15) is 0 Å². The van der Waals surface area contributed by atoms with Crippen molar-refractivity contribution in [1.82, 2.24) is 0 Å². The summed E-state index contributed by atoms with van der Waals surface area (Å²) in [6.45, 7) is 2.27. The number of rotatable bonds is 1. The molecule has 0 saturated carbocycles. The van der Waals surface area contributed by atoms with Gasteiger partial charge in [-0.15, -0.1) is 11.3 Å². The monoisotopic (exact) mass is 370 g/mol. The third-order valence-corrected chi connectivity index (χ3v) is 7.54. The van der Waals surface area contributed by atoms with Gasteiger partial charge >= 0.3 is 0 Å². The van der Waals surface area contributed by atoms with Gasteiger partial charge in [-0.1, -0.05) is 78.9 Å². The molecule has 2 aliphatic carbocycles. The molecule has 0 radical (unpaired) electrons. The lowest BCUT2D eigenvalue weighted by atomic mass is 9.97. The molecule has 28 heavy (non-hydrogen) atoms. The zero-order valence-electron chi connectivity index (χ0n) is 15.3. The van der Waals surface area contributed by atoms with Crippen LogP contribution in [0.1, 0.15) is 5.56 Å². The van der Waals surface area contributed by atoms with Gasteiger partial charge in [0, 0.05) is 26.8 Å². The van der Waals surface area contributed by atoms with E-state index in [4.69, 9.17) is 0 Å². The molecule has 0 nitrogen and oxygen atoms in total. The summed E-state index contributed by atoms with van der Waals surface area (Å²) in [6, 6.07) is 31.1. The highest BCUT2D eigenvalue weighted by atomic mass is 32.1. The Morgan fingerprint density at radius 1 is 0.607 bits per heavy atom. The molecule has 5 aromatic rings. The van der Waals surface area contributed by atoms with Crippen LogP contribution in [0.4, 0.5) is 0 Å². The zero-order chi connectivity index (χ0) is 18.4. The third kappa shape index (κ3) is 1.59. The number of hydrogen-bond acceptors (Lipinski definition) is 1. The van der Waals surface area contributed by atoms with E-state index in [0.29, 0.717) is 0 Å². The molecule has 1 aromatic heterocycles. The summed E-state index contributed by atoms with van der Waals surface area (Å²) in [4.78, 5) is 2.71. The van der Waals surface area contributed by atoms with Crippen molar-refractivity contribution in [2.24, 2.45) is 0 Å². The van der Waals surface area contributed by atoms with E-state index in [0.717, 1.165) is 0 Å². The molecule has 0 N–H and O–H groups in total. The minimum Gasteiger partial charge on any atom is -0.134 e. The minimum absolute atomic E-state index is 1.21. The molecule has 0 aliphatic heterocycles. The maximum absolute atomic E-state index is 3.54. The first-order chi connectivity index (χ1) is 13.8. The second-order valence-electron chi connectivity index (χ2n) is 7.58. The van der Waals surface area contributed by atoms with Crippen molar-refractivity contribution in [2.75, 3.05) is 0 Å². The summed E-state index contributed by atoms with van der Waals surface area (Å²) in [5.41, 5.74) is 11.8. The standard InChI is InChI=1S/C27H14S/c1-15-23-21-13-11-19-17-9-5-6-10-18(17)20-12-14-22(25(21)24(19)20)27(23)28-26(15)16-7-3-2-4-8-16/h2-11,13H,1H3. The second-order valence-corrected chi connectivity index (χ2v) is 8.60. The van der Waals surface area contributed by atoms with Gasteiger partial charge in [0.15, 0.2) is 0 Å². The summed E-state index contributed by atoms with van der Waals surface area (Å²) in [7, 11) is 0. The van der Waals surface area contributed by atoms with Crippen molar-refractivity contribution in [1.29, 1.82) is 0 Å². The van der Waals surface area contributed by atoms with E-state index in [1.807, 2.05) is 11.3 Å². The molecule has 2 aliphatic rings. The van der Waals surface area contributed by atoms with Gasteiger partial charge in [-0.2, -0.15) is 0 Å². The van der Waals surface area contributed by atoms with Crippen LogP contribution in [-0.4, -0.2) is 0 Å². The van der Waals surface area contributed by atoms with Crippen molar-refractivity contribution in [3.63, 3.8) is 0 Å². The van der Waals surface area contributed by atoms with Crippen LogP contribution in [0.3, 0.4) is 0 Å². The molecule has 4 aromatic carbocycles. The molecule has 0 atom stereocenters. The van der Waals surface area contributed by atoms with Crippen molar-refractivity contribution >= 4 is 22.1 Å². The lowest BCUT2D eigenvalue weighted by molar-refractivity contribution is 1.53. The fourth-order valence-corrected chi connectivity index (χ4v) is 6.33. The molecule has 0 unspecified atom stereocenters. The van der Waals surface area contributed by atoms with Gasteiger partial charge in [0.25, 0.3) is 0 Å². The zero-order valence-corrected chi connectivity index (χ0v) is 16.1. The van der Waals surface area contributed by atoms with Gasteiger partial charge in [-0.25, -0.2) is 0 Å². The molecule has 0 saturated heterocycles. The van der Waals surface area contributed by atoms with E-state index in [1.54, 1.807) is 0 Å². The van der Waals surface area contributed by atoms with E-state index in [1.165, 1.54) is 70.6 Å². The van der Waals surface area contributed by atoms with Crippen LogP contribution in [0, 0.1) is 19.1 Å². The molecular weight excluding hydrogens is 356 g/mol. The van der Waals surface area contributed by atoms with Gasteiger partial charge < -0.3 is 0 Å². The number of thiophene rings is 1. The Kier molecular flexibility index (Phi) is 2.58. The van der Waals surface area contributed by atoms with E-state index in [-0.39, 0.29) is 0 Å². The number of fused-ring (bicyclic) bond motifs is 6. The second kappa shape index (κ2) is 4.93. The van der Waals surface area contributed by atoms with E-state index in [2.05, 4.69) is 85.8 Å². The minimum atomic E-state index is 1.21. The normalized spacial score (nSPS) is 12.2. The molecule has 1 heteroatoms. The third-order valence-electron chi connectivity index (χ3n) is 6.18. The molecule has 0 amide bonds. The van der Waals surface area contributed by atoms with Crippen LogP contribution in [0.25, 0.3) is 65.0 Å². The molecule has 0 spiro atoms. The van der Waals surface area contributed by atoms with E-state index >= 15 is 0 Å². The largest absolute Gasteiger partial charge is 0.134 e. The summed E-state index contributed by atoms with van der Waals surface area (Å²) >= 11 is 1.90. The molecule has 128 valence electrons. The first kappa shape index (κ1) is 14.7. The Hall–Kier alpha value is -3.34. The molecular formula is C27H14S. The number of hydrogen-bond donors (Lipinski definition) is 0. The lowest BCUT2D eigenvalue weighted by Gasteiger charge is -2.06. The van der Waals surface area contributed by atoms with Crippen LogP contribution >= 0.6 is 11.3 Å². The fraction of sp³-hybridized carbons (Fsp3) is 0.0370. The van der Waals surface area contributed by atoms with Gasteiger partial charge in [0.05, 0.1) is 10.4 Å². The first-order valence-electron chi connectivity index (χ1n) is 9.56. The van der Waals surface area contributed by atoms with Crippen molar-refractivity contribution in [2.45, 2.75) is 6.92 Å². The summed E-state index contributed by atoms with van der Waals surface area (Å²) < 4.78 is 0. The lowest BCUT2D eigenvalue weighted by Crippen LogP contribution is -1.81. The Morgan fingerprint density at radius 2 is 1.29 bits per heavy atom. The molecule has 0 fully saturated rings. The average molecular weight is 370 g/mol. The highest BCUT2D eigenvalue weighted by Crippen LogP contribution is 2.58. The maximum atomic E-state index is 3.54. The van der Waals surface area contributed by atoms with Crippen molar-refractivity contribution in [3.8, 4) is 54.3 Å². The Morgan fingerprint density at radius 3 is 2.14 bits per heavy atom. The quantitative estimate of drug-likeness (QED) is 0.277. The molecule has 0 bridgehead atoms. The first-order valence-corrected chi connectivity index (χ1v) is 10.4. The topological polar surface area (TPSA) is 0 Å². The predicted molar refractivity (Wildman–Crippen MR) is 119 cm³/mol. The highest BCUT2D eigenvalue weighted by molar-refractivity contribution is 7.20. The van der Waals surface area contributed by atoms with Crippen molar-refractivity contribution < 1.29 is 0 Å². The summed E-state index contributed by atoms with van der Waals surface area (Å²) in [5.74, 6) is 0. The molecule has 1 heterocycles. The Balaban J connectivity index is 1.57. The van der Waals surface area contributed by atoms with Crippen LogP contribution in [-0.2, 0) is 0 Å². The van der Waals surface area contributed by atoms with Gasteiger partial charge in [-0.3, -0.25) is 0 Å². The van der Waals surface area contributed by atoms with Crippen LogP contribution in [0.5, 0.6) is 0 Å². The molecule has 7 rings (SSSR count). The van der Waals surface area contributed by atoms with Gasteiger partial charge in [-0.05, 0) is 40.3 Å². The predicted octanol–water partition coefficient (Wildman–Crippen LogP) is 7.77. The van der Waals surface area contributed by atoms with Crippen LogP contribution in [0.2, 0.25) is 0 Å². The summed E-state index contributed by atoms with van der Waals surface area (Å²) in [6.07, 6.45) is 0. The highest BCUT2D eigenvalue weighted by Gasteiger charge is 2.32.